The number of carbonyl (C=O) groups is 1. The van der Waals surface area contributed by atoms with Crippen molar-refractivity contribution in [2.45, 2.75) is 30.6 Å². The number of halogens is 1. The number of benzene rings is 1. The predicted molar refractivity (Wildman–Crippen MR) is 86.7 cm³/mol. The number of nitrogens with zero attached hydrogens (tertiary/aromatic N) is 2. The standard InChI is InChI=1S/C15H21ClN2O3S/c1-17(2)15(19)12-7-8-13(16)14(11-12)22(20,21)18-9-5-3-4-6-10-18/h7-8,11H,3-6,9-10H2,1-2H3. The molecule has 7 heteroatoms. The molecule has 1 aromatic carbocycles. The molecule has 1 amide bonds. The third kappa shape index (κ3) is 3.62. The number of amides is 1. The Morgan fingerprint density at radius 1 is 1.14 bits per heavy atom. The number of hydrogen-bond donors (Lipinski definition) is 0. The second kappa shape index (κ2) is 6.98. The van der Waals surface area contributed by atoms with Crippen molar-refractivity contribution in [3.8, 4) is 0 Å². The molecule has 1 heterocycles. The first-order valence-corrected chi connectivity index (χ1v) is 9.17. The van der Waals surface area contributed by atoms with Crippen molar-refractivity contribution in [2.24, 2.45) is 0 Å². The lowest BCUT2D eigenvalue weighted by Gasteiger charge is -2.21. The molecule has 2 rings (SSSR count). The molecule has 1 aliphatic heterocycles. The number of sulfonamides is 1. The molecule has 0 atom stereocenters. The Bertz CT molecular complexity index is 651. The smallest absolute Gasteiger partial charge is 0.253 e. The first-order valence-electron chi connectivity index (χ1n) is 7.35. The van der Waals surface area contributed by atoms with E-state index in [0.29, 0.717) is 18.7 Å². The van der Waals surface area contributed by atoms with E-state index in [1.165, 1.54) is 21.3 Å². The van der Waals surface area contributed by atoms with Gasteiger partial charge in [-0.25, -0.2) is 8.42 Å². The van der Waals surface area contributed by atoms with E-state index in [-0.39, 0.29) is 15.8 Å². The van der Waals surface area contributed by atoms with Crippen LogP contribution in [0.25, 0.3) is 0 Å². The number of carbonyl (C=O) groups excluding carboxylic acids is 1. The van der Waals surface area contributed by atoms with E-state index in [9.17, 15) is 13.2 Å². The molecule has 0 N–H and O–H groups in total. The van der Waals surface area contributed by atoms with Crippen molar-refractivity contribution < 1.29 is 13.2 Å². The van der Waals surface area contributed by atoms with Crippen molar-refractivity contribution in [1.82, 2.24) is 9.21 Å². The summed E-state index contributed by atoms with van der Waals surface area (Å²) in [5.74, 6) is -0.246. The predicted octanol–water partition coefficient (Wildman–Crippen LogP) is 2.61. The molecule has 0 spiro atoms. The van der Waals surface area contributed by atoms with Crippen LogP contribution in [0.2, 0.25) is 5.02 Å². The Labute approximate surface area is 136 Å². The maximum Gasteiger partial charge on any atom is 0.253 e. The summed E-state index contributed by atoms with van der Waals surface area (Å²) in [4.78, 5) is 13.5. The molecule has 122 valence electrons. The zero-order chi connectivity index (χ0) is 16.3. The van der Waals surface area contributed by atoms with Gasteiger partial charge in [0.2, 0.25) is 10.0 Å². The Balaban J connectivity index is 2.41. The average molecular weight is 345 g/mol. The summed E-state index contributed by atoms with van der Waals surface area (Å²) in [5.41, 5.74) is 0.322. The Morgan fingerprint density at radius 2 is 1.73 bits per heavy atom. The van der Waals surface area contributed by atoms with Crippen LogP contribution in [-0.2, 0) is 10.0 Å². The Morgan fingerprint density at radius 3 is 2.27 bits per heavy atom. The highest BCUT2D eigenvalue weighted by molar-refractivity contribution is 7.89. The average Bonchev–Trinajstić information content (AvgIpc) is 2.76. The van der Waals surface area contributed by atoms with E-state index >= 15 is 0 Å². The van der Waals surface area contributed by atoms with Crippen LogP contribution >= 0.6 is 11.6 Å². The molecule has 1 aromatic rings. The van der Waals surface area contributed by atoms with Crippen LogP contribution in [0.4, 0.5) is 0 Å². The summed E-state index contributed by atoms with van der Waals surface area (Å²) >= 11 is 6.09. The fraction of sp³-hybridized carbons (Fsp3) is 0.533. The molecule has 0 bridgehead atoms. The zero-order valence-corrected chi connectivity index (χ0v) is 14.5. The summed E-state index contributed by atoms with van der Waals surface area (Å²) in [5, 5.41) is 0.152. The van der Waals surface area contributed by atoms with Gasteiger partial charge >= 0.3 is 0 Å². The monoisotopic (exact) mass is 344 g/mol. The molecular weight excluding hydrogens is 324 g/mol. The van der Waals surface area contributed by atoms with Crippen LogP contribution in [0.15, 0.2) is 23.1 Å². The Kier molecular flexibility index (Phi) is 5.47. The first kappa shape index (κ1) is 17.2. The van der Waals surface area contributed by atoms with Gasteiger partial charge in [-0.05, 0) is 31.0 Å². The highest BCUT2D eigenvalue weighted by atomic mass is 35.5. The third-order valence-corrected chi connectivity index (χ3v) is 6.15. The normalized spacial score (nSPS) is 17.0. The van der Waals surface area contributed by atoms with Crippen LogP contribution in [0.5, 0.6) is 0 Å². The quantitative estimate of drug-likeness (QED) is 0.846. The van der Waals surface area contributed by atoms with Gasteiger partial charge in [0.05, 0.1) is 5.02 Å². The van der Waals surface area contributed by atoms with Crippen molar-refractivity contribution >= 4 is 27.5 Å². The van der Waals surface area contributed by atoms with E-state index in [4.69, 9.17) is 11.6 Å². The molecule has 0 saturated carbocycles. The van der Waals surface area contributed by atoms with Crippen molar-refractivity contribution in [3.05, 3.63) is 28.8 Å². The maximum atomic E-state index is 12.8. The molecule has 0 radical (unpaired) electrons. The number of hydrogen-bond acceptors (Lipinski definition) is 3. The van der Waals surface area contributed by atoms with Crippen LogP contribution in [0, 0.1) is 0 Å². The fourth-order valence-electron chi connectivity index (χ4n) is 2.51. The number of rotatable bonds is 3. The van der Waals surface area contributed by atoms with Gasteiger partial charge in [0.1, 0.15) is 4.90 Å². The van der Waals surface area contributed by atoms with E-state index in [1.54, 1.807) is 20.2 Å². The molecule has 1 fully saturated rings. The minimum atomic E-state index is -3.67. The largest absolute Gasteiger partial charge is 0.345 e. The molecule has 5 nitrogen and oxygen atoms in total. The minimum absolute atomic E-state index is 0.0174. The summed E-state index contributed by atoms with van der Waals surface area (Å²) in [7, 11) is -0.417. The fourth-order valence-corrected chi connectivity index (χ4v) is 4.53. The van der Waals surface area contributed by atoms with Gasteiger partial charge in [0, 0.05) is 32.7 Å². The third-order valence-electron chi connectivity index (χ3n) is 3.77. The molecule has 1 aliphatic rings. The van der Waals surface area contributed by atoms with Crippen LogP contribution in [0.3, 0.4) is 0 Å². The molecular formula is C15H21ClN2O3S. The topological polar surface area (TPSA) is 57.7 Å². The summed E-state index contributed by atoms with van der Waals surface area (Å²) in [6.07, 6.45) is 3.79. The minimum Gasteiger partial charge on any atom is -0.345 e. The van der Waals surface area contributed by atoms with Crippen molar-refractivity contribution in [1.29, 1.82) is 0 Å². The van der Waals surface area contributed by atoms with E-state index < -0.39 is 10.0 Å². The van der Waals surface area contributed by atoms with Gasteiger partial charge < -0.3 is 4.90 Å². The first-order chi connectivity index (χ1) is 10.3. The zero-order valence-electron chi connectivity index (χ0n) is 12.9. The van der Waals surface area contributed by atoms with Crippen LogP contribution < -0.4 is 0 Å². The van der Waals surface area contributed by atoms with E-state index in [2.05, 4.69) is 0 Å². The van der Waals surface area contributed by atoms with Gasteiger partial charge in [-0.2, -0.15) is 4.31 Å². The van der Waals surface area contributed by atoms with Gasteiger partial charge in [-0.1, -0.05) is 24.4 Å². The highest BCUT2D eigenvalue weighted by Gasteiger charge is 2.28. The molecule has 0 aromatic heterocycles. The molecule has 0 aliphatic carbocycles. The molecule has 22 heavy (non-hydrogen) atoms. The second-order valence-corrected chi connectivity index (χ2v) is 7.98. The highest BCUT2D eigenvalue weighted by Crippen LogP contribution is 2.27. The van der Waals surface area contributed by atoms with Gasteiger partial charge in [0.25, 0.3) is 5.91 Å². The van der Waals surface area contributed by atoms with Crippen LogP contribution in [0.1, 0.15) is 36.0 Å². The lowest BCUT2D eigenvalue weighted by atomic mass is 10.2. The van der Waals surface area contributed by atoms with Crippen LogP contribution in [-0.4, -0.2) is 50.7 Å². The van der Waals surface area contributed by atoms with Crippen molar-refractivity contribution in [3.63, 3.8) is 0 Å². The SMILES string of the molecule is CN(C)C(=O)c1ccc(Cl)c(S(=O)(=O)N2CCCCCC2)c1. The van der Waals surface area contributed by atoms with Gasteiger partial charge in [-0.3, -0.25) is 4.79 Å². The lowest BCUT2D eigenvalue weighted by Crippen LogP contribution is -2.32. The summed E-state index contributed by atoms with van der Waals surface area (Å²) < 4.78 is 27.1. The van der Waals surface area contributed by atoms with Gasteiger partial charge in [0.15, 0.2) is 0 Å². The summed E-state index contributed by atoms with van der Waals surface area (Å²) in [6, 6.07) is 4.40. The lowest BCUT2D eigenvalue weighted by molar-refractivity contribution is 0.0827. The van der Waals surface area contributed by atoms with E-state index in [0.717, 1.165) is 25.7 Å². The summed E-state index contributed by atoms with van der Waals surface area (Å²) in [6.45, 7) is 1.01. The maximum absolute atomic E-state index is 12.8. The second-order valence-electron chi connectivity index (χ2n) is 5.66. The molecule has 1 saturated heterocycles. The Hall–Kier alpha value is -1.11. The molecule has 0 unspecified atom stereocenters. The van der Waals surface area contributed by atoms with Crippen molar-refractivity contribution in [2.75, 3.05) is 27.2 Å². The van der Waals surface area contributed by atoms with Gasteiger partial charge in [-0.15, -0.1) is 0 Å². The van der Waals surface area contributed by atoms with E-state index in [1.807, 2.05) is 0 Å².